The molecule has 0 N–H and O–H groups in total. The highest BCUT2D eigenvalue weighted by Gasteiger charge is 2.20. The van der Waals surface area contributed by atoms with Crippen LogP contribution in [-0.4, -0.2) is 25.0 Å². The van der Waals surface area contributed by atoms with E-state index in [-0.39, 0.29) is 11.2 Å². The van der Waals surface area contributed by atoms with Gasteiger partial charge in [0.1, 0.15) is 0 Å². The van der Waals surface area contributed by atoms with Gasteiger partial charge in [-0.1, -0.05) is 0 Å². The van der Waals surface area contributed by atoms with E-state index >= 15 is 0 Å². The molecule has 1 aromatic carbocycles. The number of nitro benzene ring substituents is 1. The predicted octanol–water partition coefficient (Wildman–Crippen LogP) is 1.63. The molecule has 0 atom stereocenters. The van der Waals surface area contributed by atoms with E-state index in [1.54, 1.807) is 16.9 Å². The van der Waals surface area contributed by atoms with Gasteiger partial charge in [-0.25, -0.2) is 9.31 Å². The molecule has 0 fully saturated rings. The van der Waals surface area contributed by atoms with Crippen LogP contribution in [0.1, 0.15) is 5.69 Å². The van der Waals surface area contributed by atoms with Gasteiger partial charge in [0, 0.05) is 12.3 Å². The lowest BCUT2D eigenvalue weighted by atomic mass is 10.2. The van der Waals surface area contributed by atoms with E-state index in [0.29, 0.717) is 11.2 Å². The minimum absolute atomic E-state index is 0.116. The van der Waals surface area contributed by atoms with E-state index in [2.05, 4.69) is 20.0 Å². The third kappa shape index (κ3) is 1.43. The molecule has 0 aliphatic heterocycles. The first-order valence-corrected chi connectivity index (χ1v) is 5.09. The Bertz CT molecular complexity index is 745. The number of aryl methyl sites for hydroxylation is 1. The maximum atomic E-state index is 10.8. The van der Waals surface area contributed by atoms with E-state index < -0.39 is 4.92 Å². The van der Waals surface area contributed by atoms with Crippen molar-refractivity contribution in [3.8, 4) is 5.69 Å². The lowest BCUT2D eigenvalue weighted by molar-refractivity contribution is -0.383. The molecule has 90 valence electrons. The van der Waals surface area contributed by atoms with E-state index in [1.165, 1.54) is 6.07 Å². The van der Waals surface area contributed by atoms with Crippen molar-refractivity contribution in [1.29, 1.82) is 0 Å². The van der Waals surface area contributed by atoms with Gasteiger partial charge in [0.25, 0.3) is 0 Å². The molecule has 2 aromatic heterocycles. The number of rotatable bonds is 2. The number of hydrogen-bond acceptors (Lipinski definition) is 6. The topological polar surface area (TPSA) is 99.9 Å². The average molecular weight is 245 g/mol. The molecule has 0 saturated heterocycles. The Morgan fingerprint density at radius 1 is 1.28 bits per heavy atom. The third-order valence-corrected chi connectivity index (χ3v) is 2.54. The third-order valence-electron chi connectivity index (χ3n) is 2.54. The maximum Gasteiger partial charge on any atom is 0.300 e. The molecule has 0 aliphatic rings. The average Bonchev–Trinajstić information content (AvgIpc) is 2.95. The Kier molecular flexibility index (Phi) is 2.09. The molecule has 0 saturated carbocycles. The summed E-state index contributed by atoms with van der Waals surface area (Å²) in [6, 6.07) is 4.75. The number of fused-ring (bicyclic) bond motifs is 1. The van der Waals surface area contributed by atoms with Gasteiger partial charge < -0.3 is 0 Å². The fourth-order valence-corrected chi connectivity index (χ4v) is 1.72. The minimum atomic E-state index is -0.523. The monoisotopic (exact) mass is 245 g/mol. The Morgan fingerprint density at radius 3 is 2.72 bits per heavy atom. The van der Waals surface area contributed by atoms with Gasteiger partial charge in [-0.3, -0.25) is 10.1 Å². The van der Waals surface area contributed by atoms with Crippen LogP contribution < -0.4 is 0 Å². The lowest BCUT2D eigenvalue weighted by Gasteiger charge is -2.00. The fraction of sp³-hybridized carbons (Fsp3) is 0.100. The molecule has 0 aliphatic carbocycles. The number of hydrogen-bond donors (Lipinski definition) is 0. The molecule has 0 spiro atoms. The van der Waals surface area contributed by atoms with Gasteiger partial charge in [0.05, 0.1) is 16.3 Å². The highest BCUT2D eigenvalue weighted by atomic mass is 16.6. The highest BCUT2D eigenvalue weighted by Crippen LogP contribution is 2.27. The molecule has 0 radical (unpaired) electrons. The SMILES string of the molecule is Cc1ccn(-c2ccc([N+](=O)[O-])c3nonc23)n1. The standard InChI is InChI=1S/C10H7N5O3/c1-6-4-5-14(11-6)7-2-3-8(15(16)17)10-9(7)12-18-13-10/h2-5H,1H3. The summed E-state index contributed by atoms with van der Waals surface area (Å²) in [6.45, 7) is 1.85. The zero-order valence-electron chi connectivity index (χ0n) is 9.27. The summed E-state index contributed by atoms with van der Waals surface area (Å²) in [5, 5.41) is 22.3. The molecule has 2 heterocycles. The maximum absolute atomic E-state index is 10.8. The summed E-state index contributed by atoms with van der Waals surface area (Å²) in [5.41, 5.74) is 1.71. The van der Waals surface area contributed by atoms with Crippen LogP contribution in [0.3, 0.4) is 0 Å². The largest absolute Gasteiger partial charge is 0.300 e. The van der Waals surface area contributed by atoms with Crippen LogP contribution in [0.15, 0.2) is 29.0 Å². The van der Waals surface area contributed by atoms with Crippen molar-refractivity contribution < 1.29 is 9.55 Å². The number of non-ortho nitro benzene ring substituents is 1. The van der Waals surface area contributed by atoms with Gasteiger partial charge >= 0.3 is 5.69 Å². The van der Waals surface area contributed by atoms with Crippen molar-refractivity contribution in [2.75, 3.05) is 0 Å². The summed E-state index contributed by atoms with van der Waals surface area (Å²) in [5.74, 6) is 0. The van der Waals surface area contributed by atoms with E-state index in [4.69, 9.17) is 0 Å². The van der Waals surface area contributed by atoms with Crippen LogP contribution in [0.5, 0.6) is 0 Å². The number of nitrogens with zero attached hydrogens (tertiary/aromatic N) is 5. The van der Waals surface area contributed by atoms with E-state index in [0.717, 1.165) is 5.69 Å². The second-order valence-electron chi connectivity index (χ2n) is 3.72. The first kappa shape index (κ1) is 10.4. The number of benzene rings is 1. The molecule has 3 rings (SSSR count). The smallest absolute Gasteiger partial charge is 0.258 e. The summed E-state index contributed by atoms with van der Waals surface area (Å²) in [4.78, 5) is 10.3. The Labute approximate surface area is 99.9 Å². The molecular formula is C10H7N5O3. The molecule has 3 aromatic rings. The molecule has 0 amide bonds. The molecule has 0 unspecified atom stereocenters. The van der Waals surface area contributed by atoms with Gasteiger partial charge in [0.2, 0.25) is 5.52 Å². The van der Waals surface area contributed by atoms with Crippen LogP contribution in [-0.2, 0) is 0 Å². The molecule has 0 bridgehead atoms. The highest BCUT2D eigenvalue weighted by molar-refractivity contribution is 5.89. The normalized spacial score (nSPS) is 10.9. The van der Waals surface area contributed by atoms with E-state index in [9.17, 15) is 10.1 Å². The predicted molar refractivity (Wildman–Crippen MR) is 60.3 cm³/mol. The Balaban J connectivity index is 2.29. The van der Waals surface area contributed by atoms with Crippen molar-refractivity contribution in [3.05, 3.63) is 40.2 Å². The van der Waals surface area contributed by atoms with E-state index in [1.807, 2.05) is 13.0 Å². The number of nitro groups is 1. The van der Waals surface area contributed by atoms with Crippen LogP contribution in [0, 0.1) is 17.0 Å². The minimum Gasteiger partial charge on any atom is -0.258 e. The first-order chi connectivity index (χ1) is 8.66. The van der Waals surface area contributed by atoms with Crippen LogP contribution in [0.25, 0.3) is 16.7 Å². The Morgan fingerprint density at radius 2 is 2.06 bits per heavy atom. The lowest BCUT2D eigenvalue weighted by Crippen LogP contribution is -1.98. The van der Waals surface area contributed by atoms with Crippen LogP contribution in [0.4, 0.5) is 5.69 Å². The summed E-state index contributed by atoms with van der Waals surface area (Å²) in [7, 11) is 0. The van der Waals surface area contributed by atoms with Crippen LogP contribution >= 0.6 is 0 Å². The van der Waals surface area contributed by atoms with Gasteiger partial charge in [-0.05, 0) is 29.4 Å². The second kappa shape index (κ2) is 3.62. The molecule has 8 heteroatoms. The fourth-order valence-electron chi connectivity index (χ4n) is 1.72. The zero-order chi connectivity index (χ0) is 12.7. The Hall–Kier alpha value is -2.77. The molecule has 18 heavy (non-hydrogen) atoms. The summed E-state index contributed by atoms with van der Waals surface area (Å²) < 4.78 is 6.15. The van der Waals surface area contributed by atoms with Crippen molar-refractivity contribution in [2.24, 2.45) is 0 Å². The van der Waals surface area contributed by atoms with Crippen LogP contribution in [0.2, 0.25) is 0 Å². The van der Waals surface area contributed by atoms with Gasteiger partial charge in [-0.2, -0.15) is 5.10 Å². The molecular weight excluding hydrogens is 238 g/mol. The number of aromatic nitrogens is 4. The summed E-state index contributed by atoms with van der Waals surface area (Å²) >= 11 is 0. The quantitative estimate of drug-likeness (QED) is 0.502. The van der Waals surface area contributed by atoms with Crippen molar-refractivity contribution in [3.63, 3.8) is 0 Å². The summed E-state index contributed by atoms with van der Waals surface area (Å²) in [6.07, 6.45) is 1.74. The van der Waals surface area contributed by atoms with Gasteiger partial charge in [-0.15, -0.1) is 0 Å². The molecule has 8 nitrogen and oxygen atoms in total. The van der Waals surface area contributed by atoms with Crippen molar-refractivity contribution in [2.45, 2.75) is 6.92 Å². The first-order valence-electron chi connectivity index (χ1n) is 5.09. The van der Waals surface area contributed by atoms with Gasteiger partial charge in [0.15, 0.2) is 5.52 Å². The van der Waals surface area contributed by atoms with Crippen molar-refractivity contribution >= 4 is 16.7 Å². The second-order valence-corrected chi connectivity index (χ2v) is 3.72. The van der Waals surface area contributed by atoms with Crippen molar-refractivity contribution in [1.82, 2.24) is 20.1 Å². The zero-order valence-corrected chi connectivity index (χ0v) is 9.27.